The summed E-state index contributed by atoms with van der Waals surface area (Å²) in [6.45, 7) is 4.28. The summed E-state index contributed by atoms with van der Waals surface area (Å²) in [6.07, 6.45) is 6.80. The SMILES string of the molecule is CC(C)C1=C[C@H]2CCCC[C@@H]2[C@@H](C(=O)c2ccccc2)O1. The number of hydrogen-bond acceptors (Lipinski definition) is 2. The van der Waals surface area contributed by atoms with E-state index in [1.165, 1.54) is 19.3 Å². The van der Waals surface area contributed by atoms with Crippen molar-refractivity contribution >= 4 is 5.78 Å². The van der Waals surface area contributed by atoms with Gasteiger partial charge in [-0.05, 0) is 24.8 Å². The number of hydrogen-bond donors (Lipinski definition) is 0. The van der Waals surface area contributed by atoms with Crippen LogP contribution < -0.4 is 0 Å². The molecule has 0 radical (unpaired) electrons. The molecule has 2 heteroatoms. The fourth-order valence-corrected chi connectivity index (χ4v) is 3.60. The fraction of sp³-hybridized carbons (Fsp3) is 0.526. The van der Waals surface area contributed by atoms with Crippen LogP contribution in [0.1, 0.15) is 49.9 Å². The van der Waals surface area contributed by atoms with E-state index in [4.69, 9.17) is 4.74 Å². The molecule has 2 aliphatic rings. The highest BCUT2D eigenvalue weighted by atomic mass is 16.5. The first-order valence-electron chi connectivity index (χ1n) is 8.14. The van der Waals surface area contributed by atoms with E-state index in [1.54, 1.807) is 0 Å². The third-order valence-electron chi connectivity index (χ3n) is 4.79. The first kappa shape index (κ1) is 14.4. The zero-order valence-electron chi connectivity index (χ0n) is 12.9. The van der Waals surface area contributed by atoms with Crippen molar-refractivity contribution in [2.75, 3.05) is 0 Å². The third-order valence-corrected chi connectivity index (χ3v) is 4.79. The summed E-state index contributed by atoms with van der Waals surface area (Å²) in [6, 6.07) is 9.59. The second-order valence-corrected chi connectivity index (χ2v) is 6.60. The summed E-state index contributed by atoms with van der Waals surface area (Å²) < 4.78 is 6.15. The minimum Gasteiger partial charge on any atom is -0.486 e. The van der Waals surface area contributed by atoms with Gasteiger partial charge in [0.1, 0.15) is 0 Å². The second-order valence-electron chi connectivity index (χ2n) is 6.60. The van der Waals surface area contributed by atoms with Crippen LogP contribution in [-0.4, -0.2) is 11.9 Å². The van der Waals surface area contributed by atoms with Crippen LogP contribution in [0.4, 0.5) is 0 Å². The van der Waals surface area contributed by atoms with Gasteiger partial charge in [-0.3, -0.25) is 4.79 Å². The zero-order valence-corrected chi connectivity index (χ0v) is 12.9. The van der Waals surface area contributed by atoms with Crippen molar-refractivity contribution in [1.29, 1.82) is 0 Å². The van der Waals surface area contributed by atoms with Gasteiger partial charge in [-0.25, -0.2) is 0 Å². The zero-order chi connectivity index (χ0) is 14.8. The Morgan fingerprint density at radius 2 is 1.86 bits per heavy atom. The molecule has 1 aromatic rings. The van der Waals surface area contributed by atoms with Gasteiger partial charge in [-0.15, -0.1) is 0 Å². The van der Waals surface area contributed by atoms with Crippen molar-refractivity contribution in [3.05, 3.63) is 47.7 Å². The number of rotatable bonds is 3. The van der Waals surface area contributed by atoms with Gasteiger partial charge in [0.05, 0.1) is 5.76 Å². The fourth-order valence-electron chi connectivity index (χ4n) is 3.60. The highest BCUT2D eigenvalue weighted by molar-refractivity contribution is 5.99. The Bertz CT molecular complexity index is 530. The number of ether oxygens (including phenoxy) is 1. The van der Waals surface area contributed by atoms with E-state index < -0.39 is 0 Å². The smallest absolute Gasteiger partial charge is 0.203 e. The molecule has 1 saturated carbocycles. The molecule has 21 heavy (non-hydrogen) atoms. The minimum atomic E-state index is -0.292. The van der Waals surface area contributed by atoms with Crippen LogP contribution in [0.2, 0.25) is 0 Å². The summed E-state index contributed by atoms with van der Waals surface area (Å²) in [4.78, 5) is 12.9. The van der Waals surface area contributed by atoms with E-state index in [2.05, 4.69) is 19.9 Å². The topological polar surface area (TPSA) is 26.3 Å². The molecule has 112 valence electrons. The molecule has 2 nitrogen and oxygen atoms in total. The molecule has 0 aromatic heterocycles. The van der Waals surface area contributed by atoms with Gasteiger partial charge < -0.3 is 4.74 Å². The quantitative estimate of drug-likeness (QED) is 0.757. The largest absolute Gasteiger partial charge is 0.486 e. The number of fused-ring (bicyclic) bond motifs is 1. The van der Waals surface area contributed by atoms with Crippen molar-refractivity contribution in [2.45, 2.75) is 45.6 Å². The van der Waals surface area contributed by atoms with E-state index >= 15 is 0 Å². The summed E-state index contributed by atoms with van der Waals surface area (Å²) in [5.74, 6) is 2.38. The molecule has 1 aromatic carbocycles. The highest BCUT2D eigenvalue weighted by Gasteiger charge is 2.40. The lowest BCUT2D eigenvalue weighted by Crippen LogP contribution is -2.41. The molecular weight excluding hydrogens is 260 g/mol. The van der Waals surface area contributed by atoms with Crippen LogP contribution in [0.5, 0.6) is 0 Å². The lowest BCUT2D eigenvalue weighted by Gasteiger charge is -2.40. The number of carbonyl (C=O) groups is 1. The van der Waals surface area contributed by atoms with Gasteiger partial charge >= 0.3 is 0 Å². The molecule has 1 aliphatic heterocycles. The molecule has 0 amide bonds. The van der Waals surface area contributed by atoms with Crippen LogP contribution in [0.3, 0.4) is 0 Å². The Labute approximate surface area is 127 Å². The Kier molecular flexibility index (Phi) is 4.14. The Hall–Kier alpha value is -1.57. The maximum absolute atomic E-state index is 12.9. The number of carbonyl (C=O) groups excluding carboxylic acids is 1. The third kappa shape index (κ3) is 2.90. The molecule has 1 heterocycles. The van der Waals surface area contributed by atoms with Crippen LogP contribution in [0.15, 0.2) is 42.2 Å². The summed E-state index contributed by atoms with van der Waals surface area (Å²) in [7, 11) is 0. The second kappa shape index (κ2) is 6.05. The molecule has 3 atom stereocenters. The van der Waals surface area contributed by atoms with Crippen LogP contribution in [0.25, 0.3) is 0 Å². The minimum absolute atomic E-state index is 0.152. The average molecular weight is 284 g/mol. The first-order chi connectivity index (χ1) is 10.2. The van der Waals surface area contributed by atoms with Crippen LogP contribution >= 0.6 is 0 Å². The van der Waals surface area contributed by atoms with Gasteiger partial charge in [0.25, 0.3) is 0 Å². The average Bonchev–Trinajstić information content (AvgIpc) is 2.54. The summed E-state index contributed by atoms with van der Waals surface area (Å²) in [5.41, 5.74) is 0.775. The van der Waals surface area contributed by atoms with Crippen molar-refractivity contribution < 1.29 is 9.53 Å². The van der Waals surface area contributed by atoms with Gasteiger partial charge in [0.2, 0.25) is 5.78 Å². The lowest BCUT2D eigenvalue weighted by molar-refractivity contribution is 0.00497. The Morgan fingerprint density at radius 3 is 2.57 bits per heavy atom. The maximum Gasteiger partial charge on any atom is 0.203 e. The van der Waals surface area contributed by atoms with E-state index in [0.717, 1.165) is 17.7 Å². The van der Waals surface area contributed by atoms with Gasteiger partial charge in [0, 0.05) is 17.4 Å². The van der Waals surface area contributed by atoms with Crippen molar-refractivity contribution in [3.63, 3.8) is 0 Å². The maximum atomic E-state index is 12.9. The van der Waals surface area contributed by atoms with Gasteiger partial charge in [-0.2, -0.15) is 0 Å². The molecule has 1 aliphatic carbocycles. The van der Waals surface area contributed by atoms with Crippen LogP contribution in [-0.2, 0) is 4.74 Å². The standard InChI is InChI=1S/C19H24O2/c1-13(2)17-12-15-10-6-7-11-16(15)19(21-17)18(20)14-8-4-3-5-9-14/h3-5,8-9,12-13,15-16,19H,6-7,10-11H2,1-2H3/t15-,16+,19+/m1/s1. The Morgan fingerprint density at radius 1 is 1.14 bits per heavy atom. The normalized spacial score (nSPS) is 28.5. The molecule has 0 saturated heterocycles. The Balaban J connectivity index is 1.89. The summed E-state index contributed by atoms with van der Waals surface area (Å²) in [5, 5.41) is 0. The molecule has 0 N–H and O–H groups in total. The highest BCUT2D eigenvalue weighted by Crippen LogP contribution is 2.41. The van der Waals surface area contributed by atoms with E-state index in [-0.39, 0.29) is 11.9 Å². The van der Waals surface area contributed by atoms with Crippen molar-refractivity contribution in [1.82, 2.24) is 0 Å². The van der Waals surface area contributed by atoms with E-state index in [9.17, 15) is 4.79 Å². The number of ketones is 1. The predicted octanol–water partition coefficient (Wildman–Crippen LogP) is 4.61. The van der Waals surface area contributed by atoms with Crippen molar-refractivity contribution in [2.24, 2.45) is 17.8 Å². The van der Waals surface area contributed by atoms with Crippen molar-refractivity contribution in [3.8, 4) is 0 Å². The number of benzene rings is 1. The molecule has 0 unspecified atom stereocenters. The predicted molar refractivity (Wildman–Crippen MR) is 84.0 cm³/mol. The number of Topliss-reactive ketones (excluding diaryl/α,β-unsaturated/α-hetero) is 1. The van der Waals surface area contributed by atoms with Crippen LogP contribution in [0, 0.1) is 17.8 Å². The lowest BCUT2D eigenvalue weighted by atomic mass is 9.72. The molecule has 3 rings (SSSR count). The molecule has 0 bridgehead atoms. The van der Waals surface area contributed by atoms with E-state index in [0.29, 0.717) is 17.8 Å². The molecule has 1 fully saturated rings. The monoisotopic (exact) mass is 284 g/mol. The van der Waals surface area contributed by atoms with E-state index in [1.807, 2.05) is 30.3 Å². The summed E-state index contributed by atoms with van der Waals surface area (Å²) >= 11 is 0. The molecular formula is C19H24O2. The van der Waals surface area contributed by atoms with Gasteiger partial charge in [-0.1, -0.05) is 57.0 Å². The number of allylic oxidation sites excluding steroid dienone is 2. The molecule has 0 spiro atoms. The van der Waals surface area contributed by atoms with Gasteiger partial charge in [0.15, 0.2) is 6.10 Å². The first-order valence-corrected chi connectivity index (χ1v) is 8.14.